The van der Waals surface area contributed by atoms with Crippen LogP contribution < -0.4 is 0 Å². The van der Waals surface area contributed by atoms with E-state index in [4.69, 9.17) is 21.1 Å². The second kappa shape index (κ2) is 6.87. The largest absolute Gasteiger partial charge is 0.481 e. The number of carbonyl (C=O) groups excluding carboxylic acids is 1. The number of amides is 1. The third-order valence-corrected chi connectivity index (χ3v) is 4.18. The molecule has 0 spiro atoms. The standard InChI is InChI=1S/C17H18ClNO4/c1-10-9-23-14(8-15(20)21)16(10)17(22)19(3)11(2)12-6-4-5-7-13(12)18/h4-7,9,11H,8H2,1-3H3,(H,20,21). The van der Waals surface area contributed by atoms with Gasteiger partial charge in [-0.1, -0.05) is 29.8 Å². The summed E-state index contributed by atoms with van der Waals surface area (Å²) >= 11 is 6.19. The van der Waals surface area contributed by atoms with E-state index in [9.17, 15) is 9.59 Å². The summed E-state index contributed by atoms with van der Waals surface area (Å²) in [5.41, 5.74) is 1.74. The van der Waals surface area contributed by atoms with Gasteiger partial charge in [0.1, 0.15) is 12.2 Å². The smallest absolute Gasteiger partial charge is 0.311 e. The van der Waals surface area contributed by atoms with Gasteiger partial charge in [-0.15, -0.1) is 0 Å². The maximum Gasteiger partial charge on any atom is 0.311 e. The molecule has 0 saturated carbocycles. The number of aliphatic carboxylic acids is 1. The molecule has 0 radical (unpaired) electrons. The highest BCUT2D eigenvalue weighted by Crippen LogP contribution is 2.29. The molecule has 23 heavy (non-hydrogen) atoms. The molecule has 1 heterocycles. The van der Waals surface area contributed by atoms with Crippen LogP contribution in [0.1, 0.15) is 40.2 Å². The van der Waals surface area contributed by atoms with Crippen LogP contribution in [-0.4, -0.2) is 28.9 Å². The summed E-state index contributed by atoms with van der Waals surface area (Å²) in [6, 6.07) is 7.05. The molecule has 0 bridgehead atoms. The van der Waals surface area contributed by atoms with E-state index in [-0.39, 0.29) is 24.1 Å². The Hall–Kier alpha value is -2.27. The Balaban J connectivity index is 2.32. The number of aryl methyl sites for hydroxylation is 1. The van der Waals surface area contributed by atoms with Crippen molar-refractivity contribution in [2.45, 2.75) is 26.3 Å². The SMILES string of the molecule is Cc1coc(CC(=O)O)c1C(=O)N(C)C(C)c1ccccc1Cl. The van der Waals surface area contributed by atoms with Gasteiger partial charge in [-0.05, 0) is 25.5 Å². The highest BCUT2D eigenvalue weighted by molar-refractivity contribution is 6.31. The monoisotopic (exact) mass is 335 g/mol. The summed E-state index contributed by atoms with van der Waals surface area (Å²) < 4.78 is 5.23. The second-order valence-corrected chi connectivity index (χ2v) is 5.81. The molecule has 0 fully saturated rings. The number of halogens is 1. The fourth-order valence-electron chi connectivity index (χ4n) is 2.43. The molecule has 1 N–H and O–H groups in total. The van der Waals surface area contributed by atoms with Crippen LogP contribution in [0.5, 0.6) is 0 Å². The van der Waals surface area contributed by atoms with Crippen LogP contribution in [0.2, 0.25) is 5.02 Å². The van der Waals surface area contributed by atoms with Gasteiger partial charge < -0.3 is 14.4 Å². The van der Waals surface area contributed by atoms with Gasteiger partial charge in [0.15, 0.2) is 0 Å². The van der Waals surface area contributed by atoms with Crippen LogP contribution in [0.4, 0.5) is 0 Å². The van der Waals surface area contributed by atoms with E-state index >= 15 is 0 Å². The molecular formula is C17H18ClNO4. The fourth-order valence-corrected chi connectivity index (χ4v) is 2.72. The quantitative estimate of drug-likeness (QED) is 0.904. The predicted octanol–water partition coefficient (Wildman–Crippen LogP) is 3.70. The lowest BCUT2D eigenvalue weighted by Crippen LogP contribution is -2.30. The number of carboxylic acids is 1. The van der Waals surface area contributed by atoms with Gasteiger partial charge in [-0.25, -0.2) is 0 Å². The molecule has 0 aliphatic rings. The average molecular weight is 336 g/mol. The molecule has 1 amide bonds. The Morgan fingerprint density at radius 1 is 1.35 bits per heavy atom. The zero-order valence-electron chi connectivity index (χ0n) is 13.2. The van der Waals surface area contributed by atoms with Crippen molar-refractivity contribution in [3.8, 4) is 0 Å². The topological polar surface area (TPSA) is 70.7 Å². The lowest BCUT2D eigenvalue weighted by molar-refractivity contribution is -0.136. The molecule has 122 valence electrons. The highest BCUT2D eigenvalue weighted by atomic mass is 35.5. The van der Waals surface area contributed by atoms with Gasteiger partial charge in [0.25, 0.3) is 5.91 Å². The molecule has 1 atom stereocenters. The van der Waals surface area contributed by atoms with Crippen molar-refractivity contribution < 1.29 is 19.1 Å². The van der Waals surface area contributed by atoms with Gasteiger partial charge in [0.05, 0.1) is 17.9 Å². The minimum atomic E-state index is -1.05. The Labute approximate surface area is 139 Å². The van der Waals surface area contributed by atoms with Gasteiger partial charge >= 0.3 is 5.97 Å². The number of rotatable bonds is 5. The van der Waals surface area contributed by atoms with Crippen LogP contribution in [0.25, 0.3) is 0 Å². The molecule has 0 aliphatic heterocycles. The summed E-state index contributed by atoms with van der Waals surface area (Å²) in [4.78, 5) is 25.2. The Morgan fingerprint density at radius 3 is 2.61 bits per heavy atom. The molecule has 1 unspecified atom stereocenters. The van der Waals surface area contributed by atoms with E-state index in [1.807, 2.05) is 25.1 Å². The maximum absolute atomic E-state index is 12.8. The van der Waals surface area contributed by atoms with Crippen molar-refractivity contribution in [3.63, 3.8) is 0 Å². The minimum absolute atomic E-state index is 0.165. The van der Waals surface area contributed by atoms with E-state index in [2.05, 4.69) is 0 Å². The van der Waals surface area contributed by atoms with E-state index in [0.717, 1.165) is 5.56 Å². The molecule has 1 aromatic heterocycles. The van der Waals surface area contributed by atoms with Crippen LogP contribution in [0.3, 0.4) is 0 Å². The fraction of sp³-hybridized carbons (Fsp3) is 0.294. The van der Waals surface area contributed by atoms with Crippen LogP contribution in [-0.2, 0) is 11.2 Å². The Morgan fingerprint density at radius 2 is 2.00 bits per heavy atom. The first-order valence-corrected chi connectivity index (χ1v) is 7.51. The number of furan rings is 1. The molecule has 5 nitrogen and oxygen atoms in total. The van der Waals surface area contributed by atoms with Crippen LogP contribution in [0.15, 0.2) is 34.9 Å². The number of hydrogen-bond donors (Lipinski definition) is 1. The molecular weight excluding hydrogens is 318 g/mol. The highest BCUT2D eigenvalue weighted by Gasteiger charge is 2.26. The summed E-state index contributed by atoms with van der Waals surface area (Å²) in [7, 11) is 1.66. The van der Waals surface area contributed by atoms with Crippen molar-refractivity contribution in [1.82, 2.24) is 4.90 Å². The molecule has 0 aliphatic carbocycles. The first kappa shape index (κ1) is 17.1. The van der Waals surface area contributed by atoms with E-state index in [1.54, 1.807) is 20.0 Å². The number of carbonyl (C=O) groups is 2. The predicted molar refractivity (Wildman–Crippen MR) is 86.7 cm³/mol. The lowest BCUT2D eigenvalue weighted by atomic mass is 10.0. The number of carboxylic acid groups (broad SMARTS) is 1. The summed E-state index contributed by atoms with van der Waals surface area (Å²) in [5.74, 6) is -1.17. The summed E-state index contributed by atoms with van der Waals surface area (Å²) in [6.07, 6.45) is 1.07. The van der Waals surface area contributed by atoms with Crippen LogP contribution >= 0.6 is 11.6 Å². The van der Waals surface area contributed by atoms with Crippen molar-refractivity contribution in [2.75, 3.05) is 7.05 Å². The lowest BCUT2D eigenvalue weighted by Gasteiger charge is -2.26. The molecule has 6 heteroatoms. The first-order chi connectivity index (χ1) is 10.8. The number of benzene rings is 1. The van der Waals surface area contributed by atoms with Gasteiger partial charge in [0, 0.05) is 17.6 Å². The molecule has 1 aromatic carbocycles. The molecule has 0 saturated heterocycles. The van der Waals surface area contributed by atoms with E-state index in [0.29, 0.717) is 16.1 Å². The van der Waals surface area contributed by atoms with Gasteiger partial charge in [-0.3, -0.25) is 9.59 Å². The molecule has 2 rings (SSSR count). The summed E-state index contributed by atoms with van der Waals surface area (Å²) in [5, 5.41) is 9.52. The normalized spacial score (nSPS) is 12.0. The number of nitrogens with zero attached hydrogens (tertiary/aromatic N) is 1. The Bertz CT molecular complexity index is 738. The van der Waals surface area contributed by atoms with E-state index < -0.39 is 5.97 Å². The average Bonchev–Trinajstić information content (AvgIpc) is 2.85. The summed E-state index contributed by atoms with van der Waals surface area (Å²) in [6.45, 7) is 3.58. The van der Waals surface area contributed by atoms with E-state index in [1.165, 1.54) is 11.2 Å². The first-order valence-electron chi connectivity index (χ1n) is 7.13. The van der Waals surface area contributed by atoms with Crippen LogP contribution in [0, 0.1) is 6.92 Å². The minimum Gasteiger partial charge on any atom is -0.481 e. The second-order valence-electron chi connectivity index (χ2n) is 5.40. The molecule has 2 aromatic rings. The van der Waals surface area contributed by atoms with Crippen molar-refractivity contribution in [2.24, 2.45) is 0 Å². The zero-order valence-corrected chi connectivity index (χ0v) is 13.9. The van der Waals surface area contributed by atoms with Gasteiger partial charge in [-0.2, -0.15) is 0 Å². The van der Waals surface area contributed by atoms with Crippen molar-refractivity contribution in [3.05, 3.63) is 58.0 Å². The number of hydrogen-bond acceptors (Lipinski definition) is 3. The zero-order chi connectivity index (χ0) is 17.1. The third-order valence-electron chi connectivity index (χ3n) is 3.83. The Kier molecular flexibility index (Phi) is 5.11. The maximum atomic E-state index is 12.8. The third kappa shape index (κ3) is 3.56. The van der Waals surface area contributed by atoms with Gasteiger partial charge in [0.2, 0.25) is 0 Å². The van der Waals surface area contributed by atoms with Crippen molar-refractivity contribution >= 4 is 23.5 Å². The van der Waals surface area contributed by atoms with Crippen molar-refractivity contribution in [1.29, 1.82) is 0 Å².